The minimum absolute atomic E-state index is 0. The Morgan fingerprint density at radius 2 is 2.07 bits per heavy atom. The lowest BCUT2D eigenvalue weighted by atomic mass is 10.1. The molecule has 7 nitrogen and oxygen atoms in total. The Kier molecular flexibility index (Phi) is 5.59. The third-order valence-electron chi connectivity index (χ3n) is 5.03. The normalized spacial score (nSPS) is 16.5. The second kappa shape index (κ2) is 7.81. The second-order valence-corrected chi connectivity index (χ2v) is 6.95. The fraction of sp³-hybridized carbons (Fsp3) is 0.316. The predicted molar refractivity (Wildman–Crippen MR) is 108 cm³/mol. The van der Waals surface area contributed by atoms with Crippen LogP contribution in [0.25, 0.3) is 16.7 Å². The first-order valence-corrected chi connectivity index (χ1v) is 8.88. The van der Waals surface area contributed by atoms with Crippen molar-refractivity contribution in [1.29, 1.82) is 5.26 Å². The Bertz CT molecular complexity index is 1180. The minimum atomic E-state index is -1.04. The van der Waals surface area contributed by atoms with E-state index in [0.717, 1.165) is 25.0 Å². The van der Waals surface area contributed by atoms with Gasteiger partial charge in [-0.15, -0.1) is 12.4 Å². The number of anilines is 1. The van der Waals surface area contributed by atoms with E-state index in [0.29, 0.717) is 18.9 Å². The Hall–Kier alpha value is -2.96. The monoisotopic (exact) mass is 420 g/mol. The number of nitrogens with zero attached hydrogens (tertiary/aromatic N) is 5. The van der Waals surface area contributed by atoms with E-state index in [1.165, 1.54) is 21.5 Å². The molecular weight excluding hydrogens is 402 g/mol. The lowest BCUT2D eigenvalue weighted by Crippen LogP contribution is -2.43. The van der Waals surface area contributed by atoms with Crippen LogP contribution >= 0.6 is 12.4 Å². The number of piperidine rings is 1. The largest absolute Gasteiger partial charge is 0.355 e. The van der Waals surface area contributed by atoms with Gasteiger partial charge < -0.3 is 15.2 Å². The number of fused-ring (bicyclic) bond motifs is 1. The van der Waals surface area contributed by atoms with Gasteiger partial charge in [-0.1, -0.05) is 0 Å². The van der Waals surface area contributed by atoms with Crippen LogP contribution in [0.2, 0.25) is 0 Å². The molecule has 1 aliphatic rings. The summed E-state index contributed by atoms with van der Waals surface area (Å²) >= 11 is 0. The zero-order valence-electron chi connectivity index (χ0n) is 15.6. The van der Waals surface area contributed by atoms with Crippen LogP contribution in [0.15, 0.2) is 29.3 Å². The summed E-state index contributed by atoms with van der Waals surface area (Å²) in [5.41, 5.74) is 6.54. The lowest BCUT2D eigenvalue weighted by molar-refractivity contribution is 0.500. The van der Waals surface area contributed by atoms with Crippen LogP contribution in [0.4, 0.5) is 14.6 Å². The molecule has 1 aliphatic heterocycles. The number of hydrogen-bond donors (Lipinski definition) is 1. The molecule has 0 aliphatic carbocycles. The van der Waals surface area contributed by atoms with Crippen molar-refractivity contribution in [3.8, 4) is 11.8 Å². The summed E-state index contributed by atoms with van der Waals surface area (Å²) in [4.78, 5) is 19.1. The number of benzene rings is 1. The van der Waals surface area contributed by atoms with Crippen LogP contribution < -0.4 is 16.2 Å². The molecule has 0 radical (unpaired) electrons. The Morgan fingerprint density at radius 1 is 1.31 bits per heavy atom. The summed E-state index contributed by atoms with van der Waals surface area (Å²) in [7, 11) is 1.54. The Morgan fingerprint density at radius 3 is 2.72 bits per heavy atom. The highest BCUT2D eigenvalue weighted by Gasteiger charge is 2.29. The van der Waals surface area contributed by atoms with Crippen molar-refractivity contribution in [3.63, 3.8) is 0 Å². The van der Waals surface area contributed by atoms with E-state index in [2.05, 4.69) is 11.1 Å². The molecule has 2 N–H and O–H groups in total. The van der Waals surface area contributed by atoms with E-state index in [1.807, 2.05) is 4.90 Å². The molecule has 0 bridgehead atoms. The van der Waals surface area contributed by atoms with Gasteiger partial charge >= 0.3 is 0 Å². The van der Waals surface area contributed by atoms with Crippen LogP contribution in [0.1, 0.15) is 18.4 Å². The first kappa shape index (κ1) is 20.8. The quantitative estimate of drug-likeness (QED) is 0.686. The van der Waals surface area contributed by atoms with Crippen molar-refractivity contribution in [3.05, 3.63) is 52.1 Å². The van der Waals surface area contributed by atoms with E-state index in [1.54, 1.807) is 7.05 Å². The summed E-state index contributed by atoms with van der Waals surface area (Å²) in [6, 6.07) is 5.42. The molecule has 0 saturated carbocycles. The maximum atomic E-state index is 14.0. The van der Waals surface area contributed by atoms with Crippen LogP contribution in [0.5, 0.6) is 0 Å². The molecule has 1 saturated heterocycles. The molecule has 29 heavy (non-hydrogen) atoms. The summed E-state index contributed by atoms with van der Waals surface area (Å²) in [6.07, 6.45) is 3.01. The van der Waals surface area contributed by atoms with Crippen molar-refractivity contribution in [2.75, 3.05) is 18.0 Å². The smallest absolute Gasteiger partial charge is 0.278 e. The van der Waals surface area contributed by atoms with Crippen LogP contribution in [-0.2, 0) is 7.05 Å². The highest BCUT2D eigenvalue weighted by atomic mass is 35.5. The van der Waals surface area contributed by atoms with Gasteiger partial charge in [-0.2, -0.15) is 5.26 Å². The number of aryl methyl sites for hydroxylation is 1. The Labute approximate surface area is 171 Å². The van der Waals surface area contributed by atoms with Gasteiger partial charge in [0.1, 0.15) is 28.5 Å². The molecule has 1 atom stereocenters. The van der Waals surface area contributed by atoms with Crippen LogP contribution in [0.3, 0.4) is 0 Å². The molecular formula is C19H19ClF2N6O. The number of halogens is 3. The van der Waals surface area contributed by atoms with Crippen LogP contribution in [-0.4, -0.2) is 33.2 Å². The zero-order valence-corrected chi connectivity index (χ0v) is 16.4. The number of nitrogens with two attached hydrogens (primary N) is 1. The van der Waals surface area contributed by atoms with Crippen molar-refractivity contribution >= 4 is 29.3 Å². The fourth-order valence-electron chi connectivity index (χ4n) is 3.71. The maximum Gasteiger partial charge on any atom is 0.278 e. The molecule has 10 heteroatoms. The summed E-state index contributed by atoms with van der Waals surface area (Å²) in [6.45, 7) is 1.11. The number of nitriles is 1. The molecule has 4 rings (SSSR count). The average Bonchev–Trinajstić information content (AvgIpc) is 3.02. The SMILES string of the molecule is Cl.Cn1cnc2c(C#N)c(N3CCCC(N)C3)n(-c3ccc(F)c(F)c3)c2c1=O. The Balaban J connectivity index is 0.00000240. The highest BCUT2D eigenvalue weighted by Crippen LogP contribution is 2.34. The minimum Gasteiger partial charge on any atom is -0.355 e. The van der Waals surface area contributed by atoms with Gasteiger partial charge in [0, 0.05) is 32.2 Å². The zero-order chi connectivity index (χ0) is 20.0. The lowest BCUT2D eigenvalue weighted by Gasteiger charge is -2.33. The van der Waals surface area contributed by atoms with Crippen molar-refractivity contribution in [2.24, 2.45) is 12.8 Å². The molecule has 1 unspecified atom stereocenters. The molecule has 0 amide bonds. The van der Waals surface area contributed by atoms with Gasteiger partial charge in [-0.3, -0.25) is 9.36 Å². The predicted octanol–water partition coefficient (Wildman–Crippen LogP) is 2.22. The first-order chi connectivity index (χ1) is 13.4. The maximum absolute atomic E-state index is 14.0. The standard InChI is InChI=1S/C19H18F2N6O.ClH/c1-25-10-24-16-13(8-22)18(26-6-2-3-11(23)9-26)27(17(16)19(25)28)12-4-5-14(20)15(21)7-12;/h4-5,7,10-11H,2-3,6,9,23H2,1H3;1H. The number of hydrogen-bond acceptors (Lipinski definition) is 5. The van der Waals surface area contributed by atoms with E-state index in [4.69, 9.17) is 5.73 Å². The highest BCUT2D eigenvalue weighted by molar-refractivity contribution is 5.91. The van der Waals surface area contributed by atoms with Crippen molar-refractivity contribution < 1.29 is 8.78 Å². The van der Waals surface area contributed by atoms with E-state index >= 15 is 0 Å². The van der Waals surface area contributed by atoms with Crippen LogP contribution in [0, 0.1) is 23.0 Å². The molecule has 2 aromatic heterocycles. The third kappa shape index (κ3) is 3.34. The summed E-state index contributed by atoms with van der Waals surface area (Å²) in [5, 5.41) is 9.83. The third-order valence-corrected chi connectivity index (χ3v) is 5.03. The van der Waals surface area contributed by atoms with Crippen molar-refractivity contribution in [2.45, 2.75) is 18.9 Å². The van der Waals surface area contributed by atoms with Gasteiger partial charge in [0.15, 0.2) is 11.6 Å². The number of aromatic nitrogens is 3. The van der Waals surface area contributed by atoms with Gasteiger partial charge in [-0.05, 0) is 25.0 Å². The van der Waals surface area contributed by atoms with Gasteiger partial charge in [-0.25, -0.2) is 13.8 Å². The molecule has 152 valence electrons. The molecule has 3 aromatic rings. The summed E-state index contributed by atoms with van der Waals surface area (Å²) < 4.78 is 30.3. The summed E-state index contributed by atoms with van der Waals surface area (Å²) in [5.74, 6) is -1.61. The molecule has 3 heterocycles. The van der Waals surface area contributed by atoms with Gasteiger partial charge in [0.25, 0.3) is 5.56 Å². The average molecular weight is 421 g/mol. The van der Waals surface area contributed by atoms with E-state index < -0.39 is 17.2 Å². The first-order valence-electron chi connectivity index (χ1n) is 8.88. The van der Waals surface area contributed by atoms with Gasteiger partial charge in [0.05, 0.1) is 12.0 Å². The van der Waals surface area contributed by atoms with Gasteiger partial charge in [0.2, 0.25) is 0 Å². The van der Waals surface area contributed by atoms with Crippen molar-refractivity contribution in [1.82, 2.24) is 14.1 Å². The molecule has 1 aromatic carbocycles. The second-order valence-electron chi connectivity index (χ2n) is 6.95. The topological polar surface area (TPSA) is 92.9 Å². The van der Waals surface area contributed by atoms with E-state index in [9.17, 15) is 18.8 Å². The fourth-order valence-corrected chi connectivity index (χ4v) is 3.71. The number of rotatable bonds is 2. The molecule has 1 fully saturated rings. The molecule has 0 spiro atoms. The van der Waals surface area contributed by atoms with E-state index in [-0.39, 0.29) is 40.7 Å².